The van der Waals surface area contributed by atoms with Gasteiger partial charge in [-0.25, -0.2) is 0 Å². The molecule has 0 saturated carbocycles. The molecule has 0 saturated heterocycles. The highest BCUT2D eigenvalue weighted by molar-refractivity contribution is 7.81. The Hall–Kier alpha value is -1.41. The summed E-state index contributed by atoms with van der Waals surface area (Å²) in [6, 6.07) is 18.6. The van der Waals surface area contributed by atoms with Crippen LogP contribution in [0.1, 0.15) is 11.1 Å². The van der Waals surface area contributed by atoms with E-state index in [9.17, 15) is 0 Å². The lowest BCUT2D eigenvalue weighted by molar-refractivity contribution is 1.20. The van der Waals surface area contributed by atoms with Crippen molar-refractivity contribution < 1.29 is 0 Å². The second-order valence-corrected chi connectivity index (χ2v) is 3.65. The van der Waals surface area contributed by atoms with E-state index in [1.807, 2.05) is 24.3 Å². The first-order chi connectivity index (χ1) is 7.40. The lowest BCUT2D eigenvalue weighted by atomic mass is 10.0. The maximum atomic E-state index is 4.10. The van der Waals surface area contributed by atoms with Gasteiger partial charge in [0.2, 0.25) is 0 Å². The average Bonchev–Trinajstić information content (AvgIpc) is 2.31. The molecule has 1 nitrogen and oxygen atoms in total. The summed E-state index contributed by atoms with van der Waals surface area (Å²) >= 11 is 4.10. The number of hydrogen-bond acceptors (Lipinski definition) is 2. The van der Waals surface area contributed by atoms with E-state index in [0.717, 1.165) is 12.1 Å². The molecule has 0 aliphatic carbocycles. The lowest BCUT2D eigenvalue weighted by Crippen LogP contribution is -1.92. The van der Waals surface area contributed by atoms with Crippen LogP contribution in [0.5, 0.6) is 0 Å². The van der Waals surface area contributed by atoms with Crippen LogP contribution < -0.4 is 4.72 Å². The molecule has 0 atom stereocenters. The maximum Gasteiger partial charge on any atom is 0.0473 e. The molecule has 2 rings (SSSR count). The SMILES string of the molecule is SNc1ccccc1Cc1ccccc1. The van der Waals surface area contributed by atoms with Crippen LogP contribution in [-0.2, 0) is 6.42 Å². The molecule has 1 N–H and O–H groups in total. The fraction of sp³-hybridized carbons (Fsp3) is 0.0769. The minimum atomic E-state index is 0.935. The molecule has 0 aliphatic rings. The van der Waals surface area contributed by atoms with Gasteiger partial charge in [-0.1, -0.05) is 61.3 Å². The molecular formula is C13H13NS. The van der Waals surface area contributed by atoms with Gasteiger partial charge in [0, 0.05) is 5.69 Å². The third-order valence-electron chi connectivity index (χ3n) is 2.38. The quantitative estimate of drug-likeness (QED) is 0.746. The van der Waals surface area contributed by atoms with E-state index >= 15 is 0 Å². The van der Waals surface area contributed by atoms with Crippen molar-refractivity contribution >= 4 is 18.5 Å². The smallest absolute Gasteiger partial charge is 0.0473 e. The van der Waals surface area contributed by atoms with Crippen LogP contribution in [0, 0.1) is 0 Å². The van der Waals surface area contributed by atoms with Crippen LogP contribution in [0.3, 0.4) is 0 Å². The maximum absolute atomic E-state index is 4.10. The normalized spacial score (nSPS) is 9.93. The van der Waals surface area contributed by atoms with Crippen molar-refractivity contribution in [3.8, 4) is 0 Å². The molecule has 0 radical (unpaired) electrons. The Morgan fingerprint density at radius 2 is 1.53 bits per heavy atom. The zero-order valence-electron chi connectivity index (χ0n) is 8.35. The number of hydrogen-bond donors (Lipinski definition) is 2. The summed E-state index contributed by atoms with van der Waals surface area (Å²) in [5.74, 6) is 0. The van der Waals surface area contributed by atoms with Gasteiger partial charge in [0.05, 0.1) is 0 Å². The number of benzene rings is 2. The van der Waals surface area contributed by atoms with Crippen molar-refractivity contribution in [1.29, 1.82) is 0 Å². The van der Waals surface area contributed by atoms with Gasteiger partial charge in [0.25, 0.3) is 0 Å². The Morgan fingerprint density at radius 1 is 0.867 bits per heavy atom. The highest BCUT2D eigenvalue weighted by Gasteiger charge is 2.00. The topological polar surface area (TPSA) is 12.0 Å². The van der Waals surface area contributed by atoms with E-state index in [4.69, 9.17) is 0 Å². The molecule has 0 aliphatic heterocycles. The molecule has 0 heterocycles. The third kappa shape index (κ3) is 2.54. The summed E-state index contributed by atoms with van der Waals surface area (Å²) in [6.45, 7) is 0. The summed E-state index contributed by atoms with van der Waals surface area (Å²) in [4.78, 5) is 0. The first-order valence-electron chi connectivity index (χ1n) is 4.92. The molecule has 0 fully saturated rings. The van der Waals surface area contributed by atoms with E-state index in [-0.39, 0.29) is 0 Å². The van der Waals surface area contributed by atoms with Crippen LogP contribution in [-0.4, -0.2) is 0 Å². The summed E-state index contributed by atoms with van der Waals surface area (Å²) in [7, 11) is 0. The number of thiol groups is 1. The zero-order chi connectivity index (χ0) is 10.5. The molecule has 76 valence electrons. The summed E-state index contributed by atoms with van der Waals surface area (Å²) in [6.07, 6.45) is 0.935. The molecular weight excluding hydrogens is 202 g/mol. The van der Waals surface area contributed by atoms with Crippen molar-refractivity contribution in [1.82, 2.24) is 0 Å². The second kappa shape index (κ2) is 4.89. The van der Waals surface area contributed by atoms with Crippen molar-refractivity contribution in [3.05, 3.63) is 65.7 Å². The summed E-state index contributed by atoms with van der Waals surface area (Å²) in [5, 5.41) is 0. The molecule has 0 spiro atoms. The van der Waals surface area contributed by atoms with Crippen LogP contribution in [0.25, 0.3) is 0 Å². The van der Waals surface area contributed by atoms with Gasteiger partial charge in [-0.2, -0.15) is 0 Å². The Labute approximate surface area is 95.7 Å². The summed E-state index contributed by atoms with van der Waals surface area (Å²) < 4.78 is 2.91. The molecule has 2 heteroatoms. The van der Waals surface area contributed by atoms with Gasteiger partial charge in [0.15, 0.2) is 0 Å². The third-order valence-corrected chi connectivity index (χ3v) is 2.62. The number of para-hydroxylation sites is 1. The van der Waals surface area contributed by atoms with Gasteiger partial charge in [-0.3, -0.25) is 0 Å². The molecule has 15 heavy (non-hydrogen) atoms. The van der Waals surface area contributed by atoms with E-state index in [0.29, 0.717) is 0 Å². The number of anilines is 1. The average molecular weight is 215 g/mol. The highest BCUT2D eigenvalue weighted by Crippen LogP contribution is 2.19. The van der Waals surface area contributed by atoms with Crippen LogP contribution >= 0.6 is 12.8 Å². The Kier molecular flexibility index (Phi) is 3.30. The van der Waals surface area contributed by atoms with E-state index < -0.39 is 0 Å². The molecule has 2 aromatic rings. The van der Waals surface area contributed by atoms with Crippen LogP contribution in [0.4, 0.5) is 5.69 Å². The lowest BCUT2D eigenvalue weighted by Gasteiger charge is -2.07. The van der Waals surface area contributed by atoms with Gasteiger partial charge in [0.1, 0.15) is 0 Å². The standard InChI is InChI=1S/C13H13NS/c15-14-13-9-5-4-8-12(13)10-11-6-2-1-3-7-11/h1-9,14-15H,10H2. The molecule has 0 aromatic heterocycles. The van der Waals surface area contributed by atoms with Gasteiger partial charge < -0.3 is 4.72 Å². The fourth-order valence-corrected chi connectivity index (χ4v) is 1.82. The molecule has 0 amide bonds. The second-order valence-electron chi connectivity index (χ2n) is 3.43. The predicted molar refractivity (Wildman–Crippen MR) is 68.3 cm³/mol. The minimum Gasteiger partial charge on any atom is -0.332 e. The Balaban J connectivity index is 2.24. The molecule has 0 bridgehead atoms. The van der Waals surface area contributed by atoms with Gasteiger partial charge in [-0.05, 0) is 23.6 Å². The van der Waals surface area contributed by atoms with E-state index in [1.165, 1.54) is 11.1 Å². The first kappa shape index (κ1) is 10.1. The van der Waals surface area contributed by atoms with Crippen molar-refractivity contribution in [2.24, 2.45) is 0 Å². The van der Waals surface area contributed by atoms with Crippen molar-refractivity contribution in [2.45, 2.75) is 6.42 Å². The predicted octanol–water partition coefficient (Wildman–Crippen LogP) is 3.53. The Morgan fingerprint density at radius 3 is 2.27 bits per heavy atom. The molecule has 2 aromatic carbocycles. The van der Waals surface area contributed by atoms with Crippen LogP contribution in [0.15, 0.2) is 54.6 Å². The van der Waals surface area contributed by atoms with Gasteiger partial charge >= 0.3 is 0 Å². The largest absolute Gasteiger partial charge is 0.332 e. The van der Waals surface area contributed by atoms with E-state index in [1.54, 1.807) is 0 Å². The first-order valence-corrected chi connectivity index (χ1v) is 5.37. The molecule has 0 unspecified atom stereocenters. The van der Waals surface area contributed by atoms with Gasteiger partial charge in [-0.15, -0.1) is 0 Å². The fourth-order valence-electron chi connectivity index (χ4n) is 1.60. The Bertz CT molecular complexity index is 426. The number of nitrogens with one attached hydrogen (secondary N) is 1. The summed E-state index contributed by atoms with van der Waals surface area (Å²) in [5.41, 5.74) is 3.65. The monoisotopic (exact) mass is 215 g/mol. The van der Waals surface area contributed by atoms with E-state index in [2.05, 4.69) is 47.9 Å². The highest BCUT2D eigenvalue weighted by atomic mass is 32.1. The van der Waals surface area contributed by atoms with Crippen molar-refractivity contribution in [3.63, 3.8) is 0 Å². The van der Waals surface area contributed by atoms with Crippen LogP contribution in [0.2, 0.25) is 0 Å². The number of rotatable bonds is 3. The zero-order valence-corrected chi connectivity index (χ0v) is 9.24. The van der Waals surface area contributed by atoms with Crippen molar-refractivity contribution in [2.75, 3.05) is 4.72 Å². The minimum absolute atomic E-state index is 0.935.